The van der Waals surface area contributed by atoms with Gasteiger partial charge in [-0.15, -0.1) is 0 Å². The summed E-state index contributed by atoms with van der Waals surface area (Å²) < 4.78 is 43.6. The summed E-state index contributed by atoms with van der Waals surface area (Å²) in [4.78, 5) is 8.39. The number of pyridine rings is 2. The molecular formula is C17H21F3N4O. The first-order valence-corrected chi connectivity index (χ1v) is 7.78. The van der Waals surface area contributed by atoms with Gasteiger partial charge in [-0.25, -0.2) is 9.97 Å². The average molecular weight is 354 g/mol. The number of anilines is 2. The van der Waals surface area contributed by atoms with Crippen molar-refractivity contribution in [3.8, 4) is 5.75 Å². The molecule has 5 nitrogen and oxygen atoms in total. The number of methoxy groups -OCH3 is 1. The van der Waals surface area contributed by atoms with Crippen LogP contribution in [0.1, 0.15) is 49.7 Å². The van der Waals surface area contributed by atoms with E-state index in [9.17, 15) is 13.2 Å². The first-order valence-electron chi connectivity index (χ1n) is 7.78. The molecule has 1 atom stereocenters. The molecular weight excluding hydrogens is 333 g/mol. The highest BCUT2D eigenvalue weighted by atomic mass is 19.4. The lowest BCUT2D eigenvalue weighted by molar-refractivity contribution is -0.137. The maximum atomic E-state index is 12.8. The van der Waals surface area contributed by atoms with Gasteiger partial charge in [0.2, 0.25) is 0 Å². The molecule has 0 saturated carbocycles. The minimum absolute atomic E-state index is 0.224. The lowest BCUT2D eigenvalue weighted by Crippen LogP contribution is -2.15. The monoisotopic (exact) mass is 354 g/mol. The lowest BCUT2D eigenvalue weighted by atomic mass is 10.1. The molecule has 3 N–H and O–H groups in total. The first kappa shape index (κ1) is 18.8. The normalized spacial score (nSPS) is 13.0. The number of aromatic nitrogens is 2. The minimum atomic E-state index is -4.53. The van der Waals surface area contributed by atoms with Gasteiger partial charge >= 0.3 is 6.18 Å². The van der Waals surface area contributed by atoms with Gasteiger partial charge in [0.1, 0.15) is 5.82 Å². The molecule has 2 rings (SSSR count). The number of nitrogens with one attached hydrogen (secondary N) is 1. The molecule has 0 fully saturated rings. The fourth-order valence-electron chi connectivity index (χ4n) is 2.30. The number of ether oxygens (including phenoxy) is 1. The van der Waals surface area contributed by atoms with Crippen LogP contribution in [-0.4, -0.2) is 17.1 Å². The second-order valence-electron chi connectivity index (χ2n) is 5.97. The number of hydrogen-bond acceptors (Lipinski definition) is 5. The van der Waals surface area contributed by atoms with E-state index in [0.717, 1.165) is 11.8 Å². The van der Waals surface area contributed by atoms with E-state index in [1.165, 1.54) is 13.2 Å². The Morgan fingerprint density at radius 3 is 2.20 bits per heavy atom. The van der Waals surface area contributed by atoms with E-state index < -0.39 is 23.6 Å². The second kappa shape index (κ2) is 7.16. The lowest BCUT2D eigenvalue weighted by Gasteiger charge is -2.19. The highest BCUT2D eigenvalue weighted by Gasteiger charge is 2.34. The van der Waals surface area contributed by atoms with Gasteiger partial charge in [0, 0.05) is 5.69 Å². The molecule has 0 amide bonds. The van der Waals surface area contributed by atoms with Crippen molar-refractivity contribution in [2.24, 2.45) is 0 Å². The second-order valence-corrected chi connectivity index (χ2v) is 5.97. The smallest absolute Gasteiger partial charge is 0.419 e. The summed E-state index contributed by atoms with van der Waals surface area (Å²) >= 11 is 0. The summed E-state index contributed by atoms with van der Waals surface area (Å²) in [6, 6.07) is 5.49. The largest absolute Gasteiger partial charge is 0.493 e. The Labute approximate surface area is 144 Å². The highest BCUT2D eigenvalue weighted by molar-refractivity contribution is 5.52. The van der Waals surface area contributed by atoms with Crippen molar-refractivity contribution in [1.29, 1.82) is 0 Å². The summed E-state index contributed by atoms with van der Waals surface area (Å²) in [5, 5.41) is 3.12. The van der Waals surface area contributed by atoms with Crippen molar-refractivity contribution < 1.29 is 17.9 Å². The van der Waals surface area contributed by atoms with Crippen molar-refractivity contribution in [2.75, 3.05) is 18.2 Å². The Bertz CT molecular complexity index is 747. The predicted molar refractivity (Wildman–Crippen MR) is 90.6 cm³/mol. The summed E-state index contributed by atoms with van der Waals surface area (Å²) in [5.41, 5.74) is 5.77. The van der Waals surface area contributed by atoms with Crippen LogP contribution in [-0.2, 0) is 6.18 Å². The molecule has 1 unspecified atom stereocenters. The molecule has 25 heavy (non-hydrogen) atoms. The number of alkyl halides is 3. The van der Waals surface area contributed by atoms with Crippen molar-refractivity contribution in [3.63, 3.8) is 0 Å². The molecule has 136 valence electrons. The quantitative estimate of drug-likeness (QED) is 0.833. The zero-order chi connectivity index (χ0) is 18.8. The standard InChI is InChI=1S/C17H21F3N4O/c1-9(2)12-7-8-14(25-4)16(24-12)22-10(3)13-6-5-11(15(21)23-13)17(18,19)20/h5-10H,1-4H3,(H2,21,23)(H,22,24). The van der Waals surface area contributed by atoms with Crippen LogP contribution in [0.2, 0.25) is 0 Å². The molecule has 0 aliphatic carbocycles. The van der Waals surface area contributed by atoms with E-state index in [2.05, 4.69) is 15.3 Å². The molecule has 8 heteroatoms. The van der Waals surface area contributed by atoms with Crippen LogP contribution in [0.3, 0.4) is 0 Å². The zero-order valence-electron chi connectivity index (χ0n) is 14.5. The molecule has 2 heterocycles. The van der Waals surface area contributed by atoms with Crippen molar-refractivity contribution in [2.45, 2.75) is 38.9 Å². The number of rotatable bonds is 5. The van der Waals surface area contributed by atoms with E-state index >= 15 is 0 Å². The average Bonchev–Trinajstić information content (AvgIpc) is 2.53. The summed E-state index contributed by atoms with van der Waals surface area (Å²) in [6.07, 6.45) is -4.53. The van der Waals surface area contributed by atoms with Gasteiger partial charge in [-0.1, -0.05) is 13.8 Å². The van der Waals surface area contributed by atoms with Crippen LogP contribution in [0.15, 0.2) is 24.3 Å². The summed E-state index contributed by atoms with van der Waals surface area (Å²) in [5.74, 6) is 0.716. The Morgan fingerprint density at radius 1 is 1.04 bits per heavy atom. The zero-order valence-corrected chi connectivity index (χ0v) is 14.5. The maximum Gasteiger partial charge on any atom is 0.419 e. The molecule has 0 aliphatic heterocycles. The molecule has 0 bridgehead atoms. The Morgan fingerprint density at radius 2 is 1.68 bits per heavy atom. The topological polar surface area (TPSA) is 73.1 Å². The first-order chi connectivity index (χ1) is 11.6. The molecule has 0 radical (unpaired) electrons. The van der Waals surface area contributed by atoms with Crippen LogP contribution in [0.25, 0.3) is 0 Å². The van der Waals surface area contributed by atoms with Gasteiger partial charge in [-0.05, 0) is 37.1 Å². The summed E-state index contributed by atoms with van der Waals surface area (Å²) in [6.45, 7) is 5.79. The molecule has 0 spiro atoms. The van der Waals surface area contributed by atoms with Gasteiger partial charge < -0.3 is 15.8 Å². The third kappa shape index (κ3) is 4.32. The predicted octanol–water partition coefficient (Wildman–Crippen LogP) is 4.38. The number of nitrogens with zero attached hydrogens (tertiary/aromatic N) is 2. The van der Waals surface area contributed by atoms with Gasteiger partial charge in [0.15, 0.2) is 11.6 Å². The molecule has 0 aromatic carbocycles. The fourth-order valence-corrected chi connectivity index (χ4v) is 2.30. The van der Waals surface area contributed by atoms with Gasteiger partial charge in [-0.2, -0.15) is 13.2 Å². The van der Waals surface area contributed by atoms with Crippen LogP contribution in [0.4, 0.5) is 24.8 Å². The number of nitrogens with two attached hydrogens (primary N) is 1. The number of hydrogen-bond donors (Lipinski definition) is 2. The molecule has 2 aromatic rings. The Hall–Kier alpha value is -2.51. The molecule has 0 saturated heterocycles. The number of halogens is 3. The van der Waals surface area contributed by atoms with E-state index in [1.807, 2.05) is 19.9 Å². The van der Waals surface area contributed by atoms with Crippen LogP contribution in [0.5, 0.6) is 5.75 Å². The van der Waals surface area contributed by atoms with Gasteiger partial charge in [0.05, 0.1) is 24.4 Å². The van der Waals surface area contributed by atoms with Crippen LogP contribution >= 0.6 is 0 Å². The Kier molecular flexibility index (Phi) is 5.39. The van der Waals surface area contributed by atoms with E-state index in [1.54, 1.807) is 13.0 Å². The third-order valence-electron chi connectivity index (χ3n) is 3.74. The van der Waals surface area contributed by atoms with Crippen molar-refractivity contribution in [1.82, 2.24) is 9.97 Å². The molecule has 0 aliphatic rings. The highest BCUT2D eigenvalue weighted by Crippen LogP contribution is 2.34. The van der Waals surface area contributed by atoms with E-state index in [-0.39, 0.29) is 5.92 Å². The van der Waals surface area contributed by atoms with Crippen molar-refractivity contribution in [3.05, 3.63) is 41.2 Å². The summed E-state index contributed by atoms with van der Waals surface area (Å²) in [7, 11) is 1.52. The fraction of sp³-hybridized carbons (Fsp3) is 0.412. The van der Waals surface area contributed by atoms with Gasteiger partial charge in [0.25, 0.3) is 0 Å². The van der Waals surface area contributed by atoms with Crippen LogP contribution in [0, 0.1) is 0 Å². The maximum absolute atomic E-state index is 12.8. The van der Waals surface area contributed by atoms with Crippen LogP contribution < -0.4 is 15.8 Å². The third-order valence-corrected chi connectivity index (χ3v) is 3.74. The van der Waals surface area contributed by atoms with Crippen molar-refractivity contribution >= 4 is 11.6 Å². The SMILES string of the molecule is COc1ccc(C(C)C)nc1NC(C)c1ccc(C(F)(F)F)c(N)n1. The van der Waals surface area contributed by atoms with E-state index in [4.69, 9.17) is 10.5 Å². The number of nitrogen functional groups attached to an aromatic ring is 1. The minimum Gasteiger partial charge on any atom is -0.493 e. The Balaban J connectivity index is 2.29. The van der Waals surface area contributed by atoms with E-state index in [0.29, 0.717) is 17.3 Å². The van der Waals surface area contributed by atoms with Gasteiger partial charge in [-0.3, -0.25) is 0 Å². The molecule has 2 aromatic heterocycles.